The van der Waals surface area contributed by atoms with Gasteiger partial charge in [-0.15, -0.1) is 0 Å². The molecule has 6 nitrogen and oxygen atoms in total. The highest BCUT2D eigenvalue weighted by molar-refractivity contribution is 5.95. The number of carbonyl (C=O) groups is 3. The topological polar surface area (TPSA) is 75.7 Å². The fraction of sp³-hybridized carbons (Fsp3) is 0.471. The van der Waals surface area contributed by atoms with Gasteiger partial charge in [0.05, 0.1) is 5.69 Å². The van der Waals surface area contributed by atoms with Crippen LogP contribution in [-0.4, -0.2) is 41.9 Å². The Morgan fingerprint density at radius 1 is 1.19 bits per heavy atom. The number of hydrogen-bond donors (Lipinski definition) is 1. The van der Waals surface area contributed by atoms with Crippen molar-refractivity contribution in [2.24, 2.45) is 0 Å². The minimum atomic E-state index is -1.72. The van der Waals surface area contributed by atoms with Crippen LogP contribution in [0, 0.1) is 17.5 Å². The molecule has 26 heavy (non-hydrogen) atoms. The molecule has 1 unspecified atom stereocenters. The van der Waals surface area contributed by atoms with Crippen LogP contribution in [0.5, 0.6) is 0 Å². The van der Waals surface area contributed by atoms with Crippen LogP contribution in [0.15, 0.2) is 12.1 Å². The molecule has 1 aromatic rings. The van der Waals surface area contributed by atoms with Crippen LogP contribution in [-0.2, 0) is 19.1 Å². The van der Waals surface area contributed by atoms with Gasteiger partial charge < -0.3 is 15.0 Å². The van der Waals surface area contributed by atoms with E-state index in [0.29, 0.717) is 19.0 Å². The first-order chi connectivity index (χ1) is 12.3. The number of hydrogen-bond acceptors (Lipinski definition) is 4. The molecule has 1 aliphatic rings. The standard InChI is InChI=1S/C17H19F3N2O4/c1-10(17(25)21-12-7-6-11(18)15(19)16(12)20)26-14(24)9-22-8-4-2-3-5-13(22)23/h6-7,10H,2-5,8-9H2,1H3,(H,21,25). The molecular weight excluding hydrogens is 353 g/mol. The third-order valence-corrected chi connectivity index (χ3v) is 3.96. The van der Waals surface area contributed by atoms with Gasteiger partial charge in [-0.2, -0.15) is 0 Å². The maximum atomic E-state index is 13.6. The molecule has 2 rings (SSSR count). The first-order valence-electron chi connectivity index (χ1n) is 8.21. The minimum Gasteiger partial charge on any atom is -0.451 e. The molecule has 1 aliphatic heterocycles. The van der Waals surface area contributed by atoms with Gasteiger partial charge >= 0.3 is 5.97 Å². The Morgan fingerprint density at radius 3 is 2.65 bits per heavy atom. The first-order valence-corrected chi connectivity index (χ1v) is 8.21. The molecule has 0 saturated carbocycles. The van der Waals surface area contributed by atoms with E-state index in [4.69, 9.17) is 4.74 Å². The number of nitrogens with zero attached hydrogens (tertiary/aromatic N) is 1. The van der Waals surface area contributed by atoms with Gasteiger partial charge in [0.15, 0.2) is 23.6 Å². The molecule has 1 atom stereocenters. The number of nitrogens with one attached hydrogen (secondary N) is 1. The van der Waals surface area contributed by atoms with E-state index in [-0.39, 0.29) is 12.5 Å². The van der Waals surface area contributed by atoms with Gasteiger partial charge in [-0.1, -0.05) is 6.42 Å². The Kier molecular flexibility index (Phi) is 6.59. The van der Waals surface area contributed by atoms with Crippen molar-refractivity contribution in [3.63, 3.8) is 0 Å². The van der Waals surface area contributed by atoms with Gasteiger partial charge in [0.2, 0.25) is 5.91 Å². The summed E-state index contributed by atoms with van der Waals surface area (Å²) >= 11 is 0. The van der Waals surface area contributed by atoms with Gasteiger partial charge in [0, 0.05) is 13.0 Å². The Balaban J connectivity index is 1.91. The average molecular weight is 372 g/mol. The second-order valence-electron chi connectivity index (χ2n) is 5.97. The van der Waals surface area contributed by atoms with Crippen molar-refractivity contribution in [2.75, 3.05) is 18.4 Å². The Labute approximate surface area is 148 Å². The lowest BCUT2D eigenvalue weighted by atomic mass is 10.2. The van der Waals surface area contributed by atoms with Gasteiger partial charge in [-0.25, -0.2) is 13.2 Å². The summed E-state index contributed by atoms with van der Waals surface area (Å²) in [6, 6.07) is 1.52. The molecule has 9 heteroatoms. The second-order valence-corrected chi connectivity index (χ2v) is 5.97. The maximum Gasteiger partial charge on any atom is 0.326 e. The summed E-state index contributed by atoms with van der Waals surface area (Å²) in [6.07, 6.45) is 1.50. The summed E-state index contributed by atoms with van der Waals surface area (Å²) in [5.74, 6) is -6.50. The molecule has 1 fully saturated rings. The van der Waals surface area contributed by atoms with E-state index in [2.05, 4.69) is 0 Å². The van der Waals surface area contributed by atoms with Crippen LogP contribution in [0.3, 0.4) is 0 Å². The molecular formula is C17H19F3N2O4. The summed E-state index contributed by atoms with van der Waals surface area (Å²) in [6.45, 7) is 1.40. The first kappa shape index (κ1) is 19.7. The van der Waals surface area contributed by atoms with Crippen molar-refractivity contribution >= 4 is 23.5 Å². The van der Waals surface area contributed by atoms with E-state index in [9.17, 15) is 27.6 Å². The van der Waals surface area contributed by atoms with Gasteiger partial charge in [-0.3, -0.25) is 14.4 Å². The molecule has 1 N–H and O–H groups in total. The van der Waals surface area contributed by atoms with Crippen LogP contribution in [0.2, 0.25) is 0 Å². The molecule has 2 amide bonds. The predicted molar refractivity (Wildman–Crippen MR) is 85.5 cm³/mol. The number of benzene rings is 1. The van der Waals surface area contributed by atoms with Crippen LogP contribution < -0.4 is 5.32 Å². The highest BCUT2D eigenvalue weighted by Gasteiger charge is 2.24. The van der Waals surface area contributed by atoms with Gasteiger partial charge in [0.1, 0.15) is 6.54 Å². The van der Waals surface area contributed by atoms with E-state index >= 15 is 0 Å². The van der Waals surface area contributed by atoms with Crippen molar-refractivity contribution in [3.8, 4) is 0 Å². The molecule has 0 spiro atoms. The Hall–Kier alpha value is -2.58. The smallest absolute Gasteiger partial charge is 0.326 e. The summed E-state index contributed by atoms with van der Waals surface area (Å²) in [4.78, 5) is 37.1. The maximum absolute atomic E-state index is 13.6. The number of esters is 1. The van der Waals surface area contributed by atoms with Crippen molar-refractivity contribution < 1.29 is 32.3 Å². The third kappa shape index (κ3) is 4.96. The molecule has 0 aliphatic carbocycles. The second kappa shape index (κ2) is 8.68. The van der Waals surface area contributed by atoms with Crippen molar-refractivity contribution in [1.29, 1.82) is 0 Å². The fourth-order valence-electron chi connectivity index (χ4n) is 2.51. The van der Waals surface area contributed by atoms with Gasteiger partial charge in [-0.05, 0) is 31.9 Å². The van der Waals surface area contributed by atoms with E-state index in [1.807, 2.05) is 5.32 Å². The number of rotatable bonds is 5. The number of likely N-dealkylation sites (tertiary alicyclic amines) is 1. The molecule has 0 radical (unpaired) electrons. The van der Waals surface area contributed by atoms with Crippen LogP contribution in [0.4, 0.5) is 18.9 Å². The van der Waals surface area contributed by atoms with E-state index in [0.717, 1.165) is 25.3 Å². The fourth-order valence-corrected chi connectivity index (χ4v) is 2.51. The van der Waals surface area contributed by atoms with Crippen LogP contribution in [0.25, 0.3) is 0 Å². The lowest BCUT2D eigenvalue weighted by molar-refractivity contribution is -0.156. The number of anilines is 1. The molecule has 0 aromatic heterocycles. The van der Waals surface area contributed by atoms with E-state index < -0.39 is 41.1 Å². The van der Waals surface area contributed by atoms with Crippen LogP contribution >= 0.6 is 0 Å². The molecule has 1 heterocycles. The highest BCUT2D eigenvalue weighted by Crippen LogP contribution is 2.20. The van der Waals surface area contributed by atoms with Crippen molar-refractivity contribution in [1.82, 2.24) is 4.90 Å². The number of ether oxygens (including phenoxy) is 1. The lowest BCUT2D eigenvalue weighted by Gasteiger charge is -2.21. The van der Waals surface area contributed by atoms with Gasteiger partial charge in [0.25, 0.3) is 5.91 Å². The van der Waals surface area contributed by atoms with E-state index in [1.165, 1.54) is 11.8 Å². The number of carbonyl (C=O) groups excluding carboxylic acids is 3. The predicted octanol–water partition coefficient (Wildman–Crippen LogP) is 2.38. The highest BCUT2D eigenvalue weighted by atomic mass is 19.2. The zero-order valence-electron chi connectivity index (χ0n) is 14.2. The molecule has 1 aromatic carbocycles. The largest absolute Gasteiger partial charge is 0.451 e. The lowest BCUT2D eigenvalue weighted by Crippen LogP contribution is -2.38. The van der Waals surface area contributed by atoms with Crippen molar-refractivity contribution in [3.05, 3.63) is 29.6 Å². The molecule has 142 valence electrons. The summed E-state index contributed by atoms with van der Waals surface area (Å²) in [5.41, 5.74) is -0.570. The number of halogens is 3. The SMILES string of the molecule is CC(OC(=O)CN1CCCCCC1=O)C(=O)Nc1ccc(F)c(F)c1F. The minimum absolute atomic E-state index is 0.152. The zero-order chi connectivity index (χ0) is 19.3. The molecule has 0 bridgehead atoms. The zero-order valence-corrected chi connectivity index (χ0v) is 14.2. The summed E-state index contributed by atoms with van der Waals surface area (Å²) in [5, 5.41) is 2.03. The molecule has 1 saturated heterocycles. The average Bonchev–Trinajstić information content (AvgIpc) is 2.79. The summed E-state index contributed by atoms with van der Waals surface area (Å²) in [7, 11) is 0. The Bertz CT molecular complexity index is 711. The van der Waals surface area contributed by atoms with E-state index in [1.54, 1.807) is 0 Å². The normalized spacial score (nSPS) is 16.0. The monoisotopic (exact) mass is 372 g/mol. The summed E-state index contributed by atoms with van der Waals surface area (Å²) < 4.78 is 44.5. The van der Waals surface area contributed by atoms with Crippen molar-refractivity contribution in [2.45, 2.75) is 38.7 Å². The third-order valence-electron chi connectivity index (χ3n) is 3.96. The quantitative estimate of drug-likeness (QED) is 0.636. The van der Waals surface area contributed by atoms with Crippen LogP contribution in [0.1, 0.15) is 32.6 Å². The number of amides is 2. The Morgan fingerprint density at radius 2 is 1.92 bits per heavy atom.